The molecule has 2 atom stereocenters. The van der Waals surface area contributed by atoms with E-state index in [1.807, 2.05) is 32.1 Å². The molecule has 13 heteroatoms. The predicted molar refractivity (Wildman–Crippen MR) is 236 cm³/mol. The molecule has 3 aromatic rings. The van der Waals surface area contributed by atoms with Crippen LogP contribution in [0.25, 0.3) is 39.3 Å². The number of aryl methyl sites for hydroxylation is 2. The molecular weight excluding hydrogens is 763 g/mol. The standard InChI is InChI=1S/C47H63N5O8/c1-10-13-18-58-20-22-60-23-21-59-19-14-17-48-47(55)44-31(7)39-27-41-33(12-3)29(5)37(50-41)26-40-32(11-2)28(4)36(49-40)25-38-30(6)34(15-16-42(53)56-8)45(51-38)35(46(44)52-39)24-43(54)57-9/h11,25-27,30,34,49,52H,2,10,12-24H2,1,3-9H3,(H,48,55). The number of nitrogens with one attached hydrogen (secondary N) is 3. The van der Waals surface area contributed by atoms with Crippen molar-refractivity contribution in [1.29, 1.82) is 0 Å². The number of allylic oxidation sites excluding steroid dienone is 2. The van der Waals surface area contributed by atoms with Gasteiger partial charge in [-0.25, -0.2) is 4.98 Å². The van der Waals surface area contributed by atoms with E-state index in [2.05, 4.69) is 55.6 Å². The molecule has 2 aliphatic heterocycles. The van der Waals surface area contributed by atoms with Crippen molar-refractivity contribution < 1.29 is 38.1 Å². The largest absolute Gasteiger partial charge is 0.469 e. The quantitative estimate of drug-likeness (QED) is 0.0701. The van der Waals surface area contributed by atoms with Gasteiger partial charge in [0.1, 0.15) is 0 Å². The second-order valence-corrected chi connectivity index (χ2v) is 15.3. The molecule has 0 fully saturated rings. The summed E-state index contributed by atoms with van der Waals surface area (Å²) in [5, 5.41) is 3.10. The smallest absolute Gasteiger partial charge is 0.310 e. The van der Waals surface area contributed by atoms with E-state index in [-0.39, 0.29) is 36.6 Å². The lowest BCUT2D eigenvalue weighted by molar-refractivity contribution is -0.141. The third-order valence-electron chi connectivity index (χ3n) is 11.5. The molecule has 3 aromatic heterocycles. The summed E-state index contributed by atoms with van der Waals surface area (Å²) >= 11 is 0. The highest BCUT2D eigenvalue weighted by atomic mass is 16.5. The van der Waals surface area contributed by atoms with Crippen LogP contribution in [0.2, 0.25) is 0 Å². The summed E-state index contributed by atoms with van der Waals surface area (Å²) in [6.07, 6.45) is 5.71. The van der Waals surface area contributed by atoms with Crippen LogP contribution >= 0.6 is 0 Å². The van der Waals surface area contributed by atoms with Gasteiger partial charge in [0.25, 0.3) is 5.91 Å². The molecular formula is C47H63N5O8. The number of rotatable bonds is 21. The summed E-state index contributed by atoms with van der Waals surface area (Å²) in [5.74, 6) is -1.59. The first kappa shape index (κ1) is 46.0. The summed E-state index contributed by atoms with van der Waals surface area (Å²) in [4.78, 5) is 57.9. The van der Waals surface area contributed by atoms with Gasteiger partial charge in [-0.3, -0.25) is 19.4 Å². The third kappa shape index (κ3) is 10.8. The molecule has 0 radical (unpaired) electrons. The normalized spacial score (nSPS) is 15.0. The summed E-state index contributed by atoms with van der Waals surface area (Å²) in [5.41, 5.74) is 11.6. The first-order chi connectivity index (χ1) is 29.0. The van der Waals surface area contributed by atoms with E-state index in [0.29, 0.717) is 85.8 Å². The summed E-state index contributed by atoms with van der Waals surface area (Å²) in [6.45, 7) is 20.0. The van der Waals surface area contributed by atoms with E-state index < -0.39 is 5.97 Å². The van der Waals surface area contributed by atoms with Gasteiger partial charge in [0, 0.05) is 71.4 Å². The molecule has 0 spiro atoms. The first-order valence-corrected chi connectivity index (χ1v) is 21.2. The molecule has 1 amide bonds. The van der Waals surface area contributed by atoms with Crippen molar-refractivity contribution in [3.63, 3.8) is 0 Å². The molecule has 0 saturated carbocycles. The highest BCUT2D eigenvalue weighted by molar-refractivity contribution is 6.06. The van der Waals surface area contributed by atoms with Crippen molar-refractivity contribution in [1.82, 2.24) is 25.3 Å². The van der Waals surface area contributed by atoms with Crippen LogP contribution in [-0.2, 0) is 39.7 Å². The van der Waals surface area contributed by atoms with Crippen molar-refractivity contribution in [2.75, 3.05) is 60.4 Å². The van der Waals surface area contributed by atoms with Crippen LogP contribution < -0.4 is 5.32 Å². The zero-order valence-corrected chi connectivity index (χ0v) is 36.7. The third-order valence-corrected chi connectivity index (χ3v) is 11.5. The zero-order chi connectivity index (χ0) is 43.3. The Labute approximate surface area is 353 Å². The predicted octanol–water partition coefficient (Wildman–Crippen LogP) is 8.44. The molecule has 13 nitrogen and oxygen atoms in total. The number of aromatic amines is 2. The van der Waals surface area contributed by atoms with Crippen molar-refractivity contribution in [2.24, 2.45) is 0 Å². The summed E-state index contributed by atoms with van der Waals surface area (Å²) in [6, 6.07) is 6.07. The maximum absolute atomic E-state index is 14.4. The van der Waals surface area contributed by atoms with Crippen LogP contribution in [0.4, 0.5) is 0 Å². The number of hydrogen-bond donors (Lipinski definition) is 3. The number of unbranched alkanes of at least 4 members (excludes halogenated alkanes) is 1. The molecule has 0 saturated heterocycles. The first-order valence-electron chi connectivity index (χ1n) is 21.2. The molecule has 2 unspecified atom stereocenters. The second kappa shape index (κ2) is 21.9. The van der Waals surface area contributed by atoms with Crippen molar-refractivity contribution in [3.8, 4) is 0 Å². The Bertz CT molecular complexity index is 2240. The molecule has 5 heterocycles. The van der Waals surface area contributed by atoms with Gasteiger partial charge in [-0.15, -0.1) is 0 Å². The number of amides is 1. The molecule has 8 bridgehead atoms. The minimum Gasteiger partial charge on any atom is -0.469 e. The molecule has 2 aliphatic rings. The van der Waals surface area contributed by atoms with Crippen molar-refractivity contribution in [2.45, 2.75) is 98.3 Å². The number of carbonyl (C=O) groups excluding carboxylic acids is 3. The average Bonchev–Trinajstić information content (AvgIpc) is 3.93. The number of hydrogen-bond acceptors (Lipinski definition) is 10. The van der Waals surface area contributed by atoms with E-state index in [1.54, 1.807) is 0 Å². The second-order valence-electron chi connectivity index (χ2n) is 15.3. The maximum atomic E-state index is 14.4. The Morgan fingerprint density at radius 3 is 2.12 bits per heavy atom. The van der Waals surface area contributed by atoms with Gasteiger partial charge in [-0.1, -0.05) is 39.8 Å². The van der Waals surface area contributed by atoms with Crippen molar-refractivity contribution in [3.05, 3.63) is 75.4 Å². The maximum Gasteiger partial charge on any atom is 0.310 e. The van der Waals surface area contributed by atoms with E-state index in [9.17, 15) is 14.4 Å². The number of H-pyrrole nitrogens is 2. The number of aromatic nitrogens is 4. The van der Waals surface area contributed by atoms with E-state index in [0.717, 1.165) is 76.3 Å². The lowest BCUT2D eigenvalue weighted by Gasteiger charge is -2.18. The minimum absolute atomic E-state index is 0.145. The Morgan fingerprint density at radius 2 is 1.47 bits per heavy atom. The van der Waals surface area contributed by atoms with Gasteiger partial charge in [-0.2, -0.15) is 0 Å². The molecule has 324 valence electrons. The van der Waals surface area contributed by atoms with E-state index >= 15 is 0 Å². The monoisotopic (exact) mass is 825 g/mol. The van der Waals surface area contributed by atoms with Crippen LogP contribution in [0.15, 0.2) is 24.8 Å². The topological polar surface area (TPSA) is 167 Å². The molecule has 3 N–H and O–H groups in total. The summed E-state index contributed by atoms with van der Waals surface area (Å²) < 4.78 is 27.2. The fourth-order valence-electron chi connectivity index (χ4n) is 7.96. The minimum atomic E-state index is -0.490. The number of esters is 2. The van der Waals surface area contributed by atoms with Gasteiger partial charge in [0.05, 0.1) is 75.2 Å². The average molecular weight is 826 g/mol. The highest BCUT2D eigenvalue weighted by Gasteiger charge is 2.34. The molecule has 5 rings (SSSR count). The fourth-order valence-corrected chi connectivity index (χ4v) is 7.96. The number of nitrogens with zero attached hydrogens (tertiary/aromatic N) is 2. The Hall–Kier alpha value is -5.11. The lowest BCUT2D eigenvalue weighted by atomic mass is 9.85. The molecule has 0 aromatic carbocycles. The number of methoxy groups -OCH3 is 2. The zero-order valence-electron chi connectivity index (χ0n) is 36.7. The van der Waals surface area contributed by atoms with E-state index in [1.165, 1.54) is 14.2 Å². The van der Waals surface area contributed by atoms with Crippen LogP contribution in [0.3, 0.4) is 0 Å². The fraction of sp³-hybridized carbons (Fsp3) is 0.511. The Morgan fingerprint density at radius 1 is 0.817 bits per heavy atom. The molecule has 60 heavy (non-hydrogen) atoms. The Kier molecular flexibility index (Phi) is 16.8. The SMILES string of the molecule is C=Cc1c(C)c2cc3nc(c(CC(=O)OC)c4[nH]c(cc5nc(cc1[nH]2)C(C)=C5CC)c(C)c4C(=O)NCCCOCCOCCOCCCC)C(CCC(=O)OC)C3C. The van der Waals surface area contributed by atoms with Crippen LogP contribution in [-0.4, -0.2) is 98.2 Å². The van der Waals surface area contributed by atoms with Crippen LogP contribution in [0.1, 0.15) is 133 Å². The van der Waals surface area contributed by atoms with E-state index in [4.69, 9.17) is 33.7 Å². The van der Waals surface area contributed by atoms with Crippen LogP contribution in [0, 0.1) is 13.8 Å². The van der Waals surface area contributed by atoms with Crippen LogP contribution in [0.5, 0.6) is 0 Å². The van der Waals surface area contributed by atoms with Gasteiger partial charge >= 0.3 is 11.9 Å². The number of fused-ring (bicyclic) bond motifs is 8. The summed E-state index contributed by atoms with van der Waals surface area (Å²) in [7, 11) is 2.71. The highest BCUT2D eigenvalue weighted by Crippen LogP contribution is 2.43. The van der Waals surface area contributed by atoms with Gasteiger partial charge in [0.2, 0.25) is 0 Å². The number of carbonyl (C=O) groups is 3. The van der Waals surface area contributed by atoms with Gasteiger partial charge in [-0.05, 0) is 86.9 Å². The van der Waals surface area contributed by atoms with Gasteiger partial charge < -0.3 is 39.0 Å². The van der Waals surface area contributed by atoms with Gasteiger partial charge in [0.15, 0.2) is 0 Å². The Balaban J connectivity index is 1.63. The molecule has 0 aliphatic carbocycles. The van der Waals surface area contributed by atoms with Crippen molar-refractivity contribution >= 4 is 57.1 Å². The lowest BCUT2D eigenvalue weighted by Crippen LogP contribution is -2.26. The number of ether oxygens (including phenoxy) is 5.